The van der Waals surface area contributed by atoms with Gasteiger partial charge in [0.1, 0.15) is 5.52 Å². The van der Waals surface area contributed by atoms with Crippen molar-refractivity contribution in [2.24, 2.45) is 0 Å². The van der Waals surface area contributed by atoms with E-state index in [0.717, 1.165) is 16.7 Å². The summed E-state index contributed by atoms with van der Waals surface area (Å²) in [7, 11) is 0. The summed E-state index contributed by atoms with van der Waals surface area (Å²) in [5.74, 6) is 0.632. The van der Waals surface area contributed by atoms with Crippen molar-refractivity contribution in [2.75, 3.05) is 0 Å². The third kappa shape index (κ3) is 4.56. The summed E-state index contributed by atoms with van der Waals surface area (Å²) in [5.41, 5.74) is 13.6. The minimum absolute atomic E-state index is 0.414. The van der Waals surface area contributed by atoms with Crippen molar-refractivity contribution < 1.29 is 4.42 Å². The highest BCUT2D eigenvalue weighted by Crippen LogP contribution is 2.56. The number of nitrogens with zero attached hydrogens (tertiary/aromatic N) is 1. The highest BCUT2D eigenvalue weighted by molar-refractivity contribution is 6.26. The first kappa shape index (κ1) is 32.0. The molecule has 0 atom stereocenters. The zero-order chi connectivity index (χ0) is 37.7. The van der Waals surface area contributed by atoms with E-state index in [2.05, 4.69) is 201 Å². The van der Waals surface area contributed by atoms with Crippen LogP contribution in [0.4, 0.5) is 0 Å². The molecule has 2 heteroatoms. The van der Waals surface area contributed by atoms with Crippen molar-refractivity contribution in [1.29, 1.82) is 0 Å². The van der Waals surface area contributed by atoms with Crippen molar-refractivity contribution in [3.63, 3.8) is 0 Å². The van der Waals surface area contributed by atoms with Gasteiger partial charge in [-0.05, 0) is 130 Å². The molecule has 0 aliphatic heterocycles. The van der Waals surface area contributed by atoms with E-state index in [-0.39, 0.29) is 0 Å². The van der Waals surface area contributed by atoms with E-state index in [0.29, 0.717) is 5.89 Å². The highest BCUT2D eigenvalue weighted by atomic mass is 16.3. The Balaban J connectivity index is 1.01. The number of benzene rings is 10. The lowest BCUT2D eigenvalue weighted by atomic mass is 9.67. The van der Waals surface area contributed by atoms with Gasteiger partial charge in [-0.15, -0.1) is 0 Å². The number of oxazole rings is 1. The molecule has 0 radical (unpaired) electrons. The molecule has 1 aliphatic carbocycles. The second-order valence-corrected chi connectivity index (χ2v) is 15.5. The van der Waals surface area contributed by atoms with Crippen molar-refractivity contribution in [2.45, 2.75) is 12.3 Å². The zero-order valence-corrected chi connectivity index (χ0v) is 31.3. The molecule has 12 rings (SSSR count). The molecule has 0 saturated heterocycles. The molecule has 0 N–H and O–H groups in total. The summed E-state index contributed by atoms with van der Waals surface area (Å²) in [6.45, 7) is 2.19. The van der Waals surface area contributed by atoms with Crippen molar-refractivity contribution in [3.8, 4) is 33.7 Å². The van der Waals surface area contributed by atoms with Gasteiger partial charge in [-0.2, -0.15) is 0 Å². The normalized spacial score (nSPS) is 13.1. The minimum Gasteiger partial charge on any atom is -0.436 e. The Morgan fingerprint density at radius 1 is 0.386 bits per heavy atom. The van der Waals surface area contributed by atoms with Gasteiger partial charge in [0.15, 0.2) is 5.58 Å². The van der Waals surface area contributed by atoms with Crippen LogP contribution >= 0.6 is 0 Å². The van der Waals surface area contributed by atoms with Crippen LogP contribution in [0.1, 0.15) is 27.8 Å². The molecule has 266 valence electrons. The molecule has 0 fully saturated rings. The van der Waals surface area contributed by atoms with Gasteiger partial charge in [0.25, 0.3) is 0 Å². The number of hydrogen-bond donors (Lipinski definition) is 0. The van der Waals surface area contributed by atoms with Gasteiger partial charge in [-0.1, -0.05) is 164 Å². The molecule has 2 nitrogen and oxygen atoms in total. The predicted molar refractivity (Wildman–Crippen MR) is 237 cm³/mol. The molecule has 10 aromatic carbocycles. The van der Waals surface area contributed by atoms with Crippen LogP contribution in [0, 0.1) is 6.92 Å². The lowest BCUT2D eigenvalue weighted by Gasteiger charge is -2.33. The first-order valence-electron chi connectivity index (χ1n) is 19.7. The van der Waals surface area contributed by atoms with E-state index in [1.807, 2.05) is 0 Å². The molecule has 0 amide bonds. The lowest BCUT2D eigenvalue weighted by molar-refractivity contribution is 0.620. The Kier molecular flexibility index (Phi) is 6.80. The number of hydrogen-bond acceptors (Lipinski definition) is 2. The first-order chi connectivity index (χ1) is 28.2. The Bertz CT molecular complexity index is 3280. The summed E-state index contributed by atoms with van der Waals surface area (Å²) in [6, 6.07) is 70.9. The fourth-order valence-corrected chi connectivity index (χ4v) is 9.94. The van der Waals surface area contributed by atoms with Gasteiger partial charge in [0.2, 0.25) is 5.89 Å². The van der Waals surface area contributed by atoms with Crippen molar-refractivity contribution >= 4 is 54.2 Å². The van der Waals surface area contributed by atoms with Gasteiger partial charge < -0.3 is 4.42 Å². The van der Waals surface area contributed by atoms with E-state index in [1.54, 1.807) is 0 Å². The van der Waals surface area contributed by atoms with Crippen LogP contribution in [-0.2, 0) is 5.41 Å². The van der Waals surface area contributed by atoms with Gasteiger partial charge in [-0.3, -0.25) is 0 Å². The van der Waals surface area contributed by atoms with Crippen molar-refractivity contribution in [1.82, 2.24) is 4.98 Å². The third-order valence-corrected chi connectivity index (χ3v) is 12.5. The van der Waals surface area contributed by atoms with Gasteiger partial charge in [0, 0.05) is 5.56 Å². The maximum atomic E-state index is 6.59. The standard InChI is InChI=1S/C55H35NO/c1-34-24-27-39(35-26-29-51-49(30-35)45-22-12-13-23-50(45)55(51,37-14-4-2-5-15-37)38-16-6-3-7-17-38)44-28-25-36(31-46(34)44)54-56-52-32-47-42-20-10-8-18-40(42)41-19-9-11-21-43(41)48(47)33-53(52)57-54/h2-33H,1H3. The fourth-order valence-electron chi connectivity index (χ4n) is 9.94. The maximum Gasteiger partial charge on any atom is 0.227 e. The molecule has 1 heterocycles. The highest BCUT2D eigenvalue weighted by Gasteiger charge is 2.46. The molecule has 0 unspecified atom stereocenters. The van der Waals surface area contributed by atoms with Crippen LogP contribution in [0.3, 0.4) is 0 Å². The number of rotatable bonds is 4. The van der Waals surface area contributed by atoms with Crippen molar-refractivity contribution in [3.05, 3.63) is 222 Å². The molecule has 57 heavy (non-hydrogen) atoms. The Morgan fingerprint density at radius 3 is 1.67 bits per heavy atom. The van der Waals surface area contributed by atoms with Gasteiger partial charge in [-0.25, -0.2) is 4.98 Å². The van der Waals surface area contributed by atoms with Crippen LogP contribution in [0.25, 0.3) is 87.9 Å². The topological polar surface area (TPSA) is 26.0 Å². The van der Waals surface area contributed by atoms with Crippen LogP contribution in [0.15, 0.2) is 199 Å². The average molecular weight is 726 g/mol. The summed E-state index contributed by atoms with van der Waals surface area (Å²) < 4.78 is 6.59. The Hall–Kier alpha value is -7.29. The zero-order valence-electron chi connectivity index (χ0n) is 31.3. The predicted octanol–water partition coefficient (Wildman–Crippen LogP) is 14.4. The Labute approximate surface area is 330 Å². The monoisotopic (exact) mass is 725 g/mol. The minimum atomic E-state index is -0.414. The van der Waals surface area contributed by atoms with E-state index in [1.165, 1.54) is 93.2 Å². The smallest absolute Gasteiger partial charge is 0.227 e. The van der Waals surface area contributed by atoms with Gasteiger partial charge >= 0.3 is 0 Å². The lowest BCUT2D eigenvalue weighted by Crippen LogP contribution is -2.28. The average Bonchev–Trinajstić information content (AvgIpc) is 3.84. The van der Waals surface area contributed by atoms with Crippen LogP contribution < -0.4 is 0 Å². The quantitative estimate of drug-likeness (QED) is 0.169. The molecule has 1 aromatic heterocycles. The number of fused-ring (bicyclic) bond motifs is 11. The summed E-state index contributed by atoms with van der Waals surface area (Å²) in [5, 5.41) is 9.73. The van der Waals surface area contributed by atoms with E-state index in [4.69, 9.17) is 9.40 Å². The summed E-state index contributed by atoms with van der Waals surface area (Å²) >= 11 is 0. The van der Waals surface area contributed by atoms with Crippen LogP contribution in [0.5, 0.6) is 0 Å². The molecule has 11 aromatic rings. The summed E-state index contributed by atoms with van der Waals surface area (Å²) in [4.78, 5) is 5.09. The largest absolute Gasteiger partial charge is 0.436 e. The number of aryl methyl sites for hydroxylation is 1. The molecule has 0 saturated carbocycles. The molecular weight excluding hydrogens is 691 g/mol. The molecule has 0 bridgehead atoms. The molecule has 0 spiro atoms. The number of aromatic nitrogens is 1. The third-order valence-electron chi connectivity index (χ3n) is 12.5. The SMILES string of the molecule is Cc1ccc(-c2ccc3c(c2)-c2ccccc2C3(c2ccccc2)c2ccccc2)c2ccc(-c3nc4cc5c6ccccc6c6ccccc6c5cc4o3)cc12. The van der Waals surface area contributed by atoms with Gasteiger partial charge in [0.05, 0.1) is 5.41 Å². The Morgan fingerprint density at radius 2 is 0.965 bits per heavy atom. The molecular formula is C55H35NO. The van der Waals surface area contributed by atoms with Crippen LogP contribution in [0.2, 0.25) is 0 Å². The van der Waals surface area contributed by atoms with E-state index < -0.39 is 5.41 Å². The fraction of sp³-hybridized carbons (Fsp3) is 0.0364. The van der Waals surface area contributed by atoms with Crippen LogP contribution in [-0.4, -0.2) is 4.98 Å². The van der Waals surface area contributed by atoms with E-state index >= 15 is 0 Å². The van der Waals surface area contributed by atoms with E-state index in [9.17, 15) is 0 Å². The summed E-state index contributed by atoms with van der Waals surface area (Å²) in [6.07, 6.45) is 0. The molecule has 1 aliphatic rings. The first-order valence-corrected chi connectivity index (χ1v) is 19.7. The second kappa shape index (κ2) is 12.1. The maximum absolute atomic E-state index is 6.59. The second-order valence-electron chi connectivity index (χ2n) is 15.5.